The number of aryl methyl sites for hydroxylation is 1. The van der Waals surface area contributed by atoms with E-state index >= 15 is 0 Å². The largest absolute Gasteiger partial charge is 0.349 e. The van der Waals surface area contributed by atoms with Crippen LogP contribution in [-0.4, -0.2) is 23.9 Å². The molecule has 1 aliphatic carbocycles. The smallest absolute Gasteiger partial charge is 0.222 e. The number of nitrogens with one attached hydrogen (secondary N) is 2. The van der Waals surface area contributed by atoms with E-state index in [1.807, 2.05) is 38.1 Å². The number of carbonyl (C=O) groups excluding carboxylic acids is 2. The Balaban J connectivity index is 2.06. The van der Waals surface area contributed by atoms with E-state index in [0.29, 0.717) is 12.5 Å². The minimum Gasteiger partial charge on any atom is -0.349 e. The first-order valence-electron chi connectivity index (χ1n) is 8.19. The summed E-state index contributed by atoms with van der Waals surface area (Å²) in [5.41, 5.74) is 7.58. The van der Waals surface area contributed by atoms with Gasteiger partial charge in [0.25, 0.3) is 0 Å². The van der Waals surface area contributed by atoms with Crippen molar-refractivity contribution < 1.29 is 9.59 Å². The molecule has 1 aromatic carbocycles. The summed E-state index contributed by atoms with van der Waals surface area (Å²) in [7, 11) is 0. The standard InChI is InChI=1S/C18H27N3O2/c1-12-4-6-14(7-5-12)16(20-13(2)22)10-17(23)21-18(3,11-19)15-8-9-15/h4-7,15-16H,8-11,19H2,1-3H3,(H,20,22)(H,21,23). The van der Waals surface area contributed by atoms with Crippen LogP contribution in [0.4, 0.5) is 0 Å². The van der Waals surface area contributed by atoms with Gasteiger partial charge < -0.3 is 16.4 Å². The lowest BCUT2D eigenvalue weighted by Gasteiger charge is -2.30. The highest BCUT2D eigenvalue weighted by molar-refractivity contribution is 5.79. The number of hydrogen-bond acceptors (Lipinski definition) is 3. The van der Waals surface area contributed by atoms with E-state index in [2.05, 4.69) is 10.6 Å². The molecule has 1 aromatic rings. The SMILES string of the molecule is CC(=O)NC(CC(=O)NC(C)(CN)C1CC1)c1ccc(C)cc1. The molecular formula is C18H27N3O2. The van der Waals surface area contributed by atoms with Crippen LogP contribution in [0.2, 0.25) is 0 Å². The summed E-state index contributed by atoms with van der Waals surface area (Å²) in [6.45, 7) is 5.90. The molecule has 0 radical (unpaired) electrons. The first-order valence-corrected chi connectivity index (χ1v) is 8.19. The van der Waals surface area contributed by atoms with E-state index in [-0.39, 0.29) is 29.8 Å². The van der Waals surface area contributed by atoms with Crippen molar-refractivity contribution in [3.05, 3.63) is 35.4 Å². The molecule has 0 bridgehead atoms. The van der Waals surface area contributed by atoms with Crippen LogP contribution < -0.4 is 16.4 Å². The van der Waals surface area contributed by atoms with Crippen LogP contribution in [0, 0.1) is 12.8 Å². The average molecular weight is 317 g/mol. The Labute approximate surface area is 138 Å². The Morgan fingerprint density at radius 2 is 1.91 bits per heavy atom. The molecule has 5 heteroatoms. The molecule has 0 spiro atoms. The van der Waals surface area contributed by atoms with Crippen molar-refractivity contribution in [1.82, 2.24) is 10.6 Å². The van der Waals surface area contributed by atoms with Gasteiger partial charge in [0.05, 0.1) is 18.0 Å². The van der Waals surface area contributed by atoms with E-state index in [9.17, 15) is 9.59 Å². The lowest BCUT2D eigenvalue weighted by atomic mass is 9.94. The summed E-state index contributed by atoms with van der Waals surface area (Å²) in [6, 6.07) is 7.54. The topological polar surface area (TPSA) is 84.2 Å². The first-order chi connectivity index (χ1) is 10.8. The minimum absolute atomic E-state index is 0.0795. The molecular weight excluding hydrogens is 290 g/mol. The van der Waals surface area contributed by atoms with Gasteiger partial charge in [0.15, 0.2) is 0 Å². The molecule has 1 saturated carbocycles. The van der Waals surface area contributed by atoms with E-state index in [1.54, 1.807) is 0 Å². The molecule has 0 heterocycles. The highest BCUT2D eigenvalue weighted by Gasteiger charge is 2.41. The first kappa shape index (κ1) is 17.5. The maximum Gasteiger partial charge on any atom is 0.222 e. The Morgan fingerprint density at radius 3 is 2.39 bits per heavy atom. The number of nitrogens with two attached hydrogens (primary N) is 1. The van der Waals surface area contributed by atoms with Crippen LogP contribution in [0.1, 0.15) is 50.3 Å². The Morgan fingerprint density at radius 1 is 1.30 bits per heavy atom. The fraction of sp³-hybridized carbons (Fsp3) is 0.556. The Kier molecular flexibility index (Phi) is 5.42. The summed E-state index contributed by atoms with van der Waals surface area (Å²) in [4.78, 5) is 23.9. The number of amides is 2. The van der Waals surface area contributed by atoms with Crippen molar-refractivity contribution >= 4 is 11.8 Å². The molecule has 1 fully saturated rings. The average Bonchev–Trinajstić information content (AvgIpc) is 3.31. The quantitative estimate of drug-likeness (QED) is 0.717. The van der Waals surface area contributed by atoms with E-state index in [1.165, 1.54) is 6.92 Å². The van der Waals surface area contributed by atoms with Crippen LogP contribution in [0.25, 0.3) is 0 Å². The maximum absolute atomic E-state index is 12.5. The zero-order valence-corrected chi connectivity index (χ0v) is 14.2. The second kappa shape index (κ2) is 7.13. The molecule has 2 unspecified atom stereocenters. The van der Waals surface area contributed by atoms with Crippen molar-refractivity contribution in [3.63, 3.8) is 0 Å². The molecule has 0 saturated heterocycles. The zero-order valence-electron chi connectivity index (χ0n) is 14.2. The highest BCUT2D eigenvalue weighted by atomic mass is 16.2. The van der Waals surface area contributed by atoms with Gasteiger partial charge in [-0.25, -0.2) is 0 Å². The normalized spacial score (nSPS) is 17.9. The zero-order chi connectivity index (χ0) is 17.0. The summed E-state index contributed by atoms with van der Waals surface area (Å²) < 4.78 is 0. The van der Waals surface area contributed by atoms with Crippen LogP contribution in [0.5, 0.6) is 0 Å². The van der Waals surface area contributed by atoms with E-state index < -0.39 is 0 Å². The summed E-state index contributed by atoms with van der Waals surface area (Å²) in [6.07, 6.45) is 2.44. The minimum atomic E-state index is -0.342. The number of rotatable bonds is 7. The maximum atomic E-state index is 12.5. The van der Waals surface area contributed by atoms with E-state index in [4.69, 9.17) is 5.73 Å². The predicted octanol–water partition coefficient (Wildman–Crippen LogP) is 1.81. The Bertz CT molecular complexity index is 566. The van der Waals surface area contributed by atoms with Gasteiger partial charge in [-0.2, -0.15) is 0 Å². The van der Waals surface area contributed by atoms with Crippen molar-refractivity contribution in [2.45, 2.75) is 51.6 Å². The number of carbonyl (C=O) groups is 2. The fourth-order valence-corrected chi connectivity index (χ4v) is 2.89. The predicted molar refractivity (Wildman–Crippen MR) is 90.7 cm³/mol. The molecule has 23 heavy (non-hydrogen) atoms. The van der Waals surface area contributed by atoms with Crippen molar-refractivity contribution in [2.24, 2.45) is 11.7 Å². The molecule has 2 rings (SSSR count). The van der Waals surface area contributed by atoms with Crippen LogP contribution in [0.3, 0.4) is 0 Å². The third kappa shape index (κ3) is 4.79. The lowest BCUT2D eigenvalue weighted by Crippen LogP contribution is -2.53. The molecule has 0 aromatic heterocycles. The number of hydrogen-bond donors (Lipinski definition) is 3. The lowest BCUT2D eigenvalue weighted by molar-refractivity contribution is -0.124. The van der Waals surface area contributed by atoms with Gasteiger partial charge in [-0.3, -0.25) is 9.59 Å². The third-order valence-corrected chi connectivity index (χ3v) is 4.57. The van der Waals surface area contributed by atoms with Crippen molar-refractivity contribution in [3.8, 4) is 0 Å². The van der Waals surface area contributed by atoms with Gasteiger partial charge in [-0.05, 0) is 38.2 Å². The molecule has 4 N–H and O–H groups in total. The van der Waals surface area contributed by atoms with Gasteiger partial charge in [-0.15, -0.1) is 0 Å². The van der Waals surface area contributed by atoms with Crippen LogP contribution in [-0.2, 0) is 9.59 Å². The summed E-state index contributed by atoms with van der Waals surface area (Å²) in [5.74, 6) is 0.242. The van der Waals surface area contributed by atoms with Gasteiger partial charge in [0, 0.05) is 13.5 Å². The molecule has 126 valence electrons. The van der Waals surface area contributed by atoms with Gasteiger partial charge >= 0.3 is 0 Å². The second-order valence-corrected chi connectivity index (χ2v) is 6.81. The van der Waals surface area contributed by atoms with Gasteiger partial charge in [0.1, 0.15) is 0 Å². The van der Waals surface area contributed by atoms with Gasteiger partial charge in [0.2, 0.25) is 11.8 Å². The molecule has 0 aliphatic heterocycles. The third-order valence-electron chi connectivity index (χ3n) is 4.57. The van der Waals surface area contributed by atoms with Crippen molar-refractivity contribution in [2.75, 3.05) is 6.54 Å². The van der Waals surface area contributed by atoms with Gasteiger partial charge in [-0.1, -0.05) is 29.8 Å². The second-order valence-electron chi connectivity index (χ2n) is 6.81. The molecule has 5 nitrogen and oxygen atoms in total. The van der Waals surface area contributed by atoms with Crippen LogP contribution in [0.15, 0.2) is 24.3 Å². The summed E-state index contributed by atoms with van der Waals surface area (Å²) in [5, 5.41) is 5.94. The fourth-order valence-electron chi connectivity index (χ4n) is 2.89. The number of benzene rings is 1. The molecule has 1 aliphatic rings. The van der Waals surface area contributed by atoms with E-state index in [0.717, 1.165) is 24.0 Å². The molecule has 2 amide bonds. The monoisotopic (exact) mass is 317 g/mol. The Hall–Kier alpha value is -1.88. The molecule has 2 atom stereocenters. The van der Waals surface area contributed by atoms with Crippen molar-refractivity contribution in [1.29, 1.82) is 0 Å². The summed E-state index contributed by atoms with van der Waals surface area (Å²) >= 11 is 0. The highest BCUT2D eigenvalue weighted by Crippen LogP contribution is 2.39. The van der Waals surface area contributed by atoms with Crippen LogP contribution >= 0.6 is 0 Å².